The maximum Gasteiger partial charge on any atom is 0.0964 e. The molecule has 2 heteroatoms. The first-order valence-corrected chi connectivity index (χ1v) is 5.80. The summed E-state index contributed by atoms with van der Waals surface area (Å²) in [6, 6.07) is 17.8. The van der Waals surface area contributed by atoms with Gasteiger partial charge in [-0.25, -0.2) is 0 Å². The zero-order valence-corrected chi connectivity index (χ0v) is 9.93. The highest BCUT2D eigenvalue weighted by Gasteiger charge is 2.08. The minimum Gasteiger partial charge on any atom is -0.387 e. The van der Waals surface area contributed by atoms with Crippen molar-refractivity contribution < 1.29 is 5.11 Å². The van der Waals surface area contributed by atoms with Gasteiger partial charge in [0.1, 0.15) is 0 Å². The summed E-state index contributed by atoms with van der Waals surface area (Å²) in [6.45, 7) is 2.54. The lowest BCUT2D eigenvalue weighted by Crippen LogP contribution is -2.12. The number of aryl methyl sites for hydroxylation is 1. The van der Waals surface area contributed by atoms with Gasteiger partial charge in [-0.1, -0.05) is 42.5 Å². The Morgan fingerprint density at radius 3 is 2.35 bits per heavy atom. The molecule has 0 amide bonds. The lowest BCUT2D eigenvalue weighted by Gasteiger charge is -2.15. The van der Waals surface area contributed by atoms with Gasteiger partial charge in [0.05, 0.1) is 6.10 Å². The Balaban J connectivity index is 1.99. The Labute approximate surface area is 102 Å². The summed E-state index contributed by atoms with van der Waals surface area (Å²) in [7, 11) is 0. The molecule has 17 heavy (non-hydrogen) atoms. The van der Waals surface area contributed by atoms with Crippen molar-refractivity contribution in [3.63, 3.8) is 0 Å². The number of rotatable bonds is 4. The van der Waals surface area contributed by atoms with E-state index in [0.717, 1.165) is 16.8 Å². The molecule has 2 nitrogen and oxygen atoms in total. The van der Waals surface area contributed by atoms with E-state index in [1.165, 1.54) is 0 Å². The van der Waals surface area contributed by atoms with Gasteiger partial charge in [0.15, 0.2) is 0 Å². The molecule has 2 aromatic carbocycles. The zero-order chi connectivity index (χ0) is 12.1. The molecule has 1 unspecified atom stereocenters. The van der Waals surface area contributed by atoms with Crippen LogP contribution in [-0.2, 0) is 0 Å². The first-order valence-electron chi connectivity index (χ1n) is 5.80. The molecule has 0 heterocycles. The van der Waals surface area contributed by atoms with Crippen LogP contribution < -0.4 is 5.32 Å². The third-order valence-electron chi connectivity index (χ3n) is 2.82. The highest BCUT2D eigenvalue weighted by molar-refractivity contribution is 5.43. The topological polar surface area (TPSA) is 32.3 Å². The molecule has 0 radical (unpaired) electrons. The summed E-state index contributed by atoms with van der Waals surface area (Å²) in [5.41, 5.74) is 3.13. The normalized spacial score (nSPS) is 12.1. The first-order chi connectivity index (χ1) is 8.27. The van der Waals surface area contributed by atoms with Crippen LogP contribution in [0.5, 0.6) is 0 Å². The van der Waals surface area contributed by atoms with Crippen LogP contribution in [-0.4, -0.2) is 11.7 Å². The maximum atomic E-state index is 10.1. The smallest absolute Gasteiger partial charge is 0.0964 e. The van der Waals surface area contributed by atoms with Crippen LogP contribution in [0.2, 0.25) is 0 Å². The Morgan fingerprint density at radius 1 is 1.00 bits per heavy atom. The third-order valence-corrected chi connectivity index (χ3v) is 2.82. The lowest BCUT2D eigenvalue weighted by molar-refractivity contribution is 0.191. The van der Waals surface area contributed by atoms with E-state index in [2.05, 4.69) is 5.32 Å². The van der Waals surface area contributed by atoms with E-state index in [9.17, 15) is 5.11 Å². The number of nitrogens with one attached hydrogen (secondary N) is 1. The van der Waals surface area contributed by atoms with E-state index in [4.69, 9.17) is 0 Å². The van der Waals surface area contributed by atoms with Gasteiger partial charge in [0, 0.05) is 12.2 Å². The largest absolute Gasteiger partial charge is 0.387 e. The van der Waals surface area contributed by atoms with Crippen molar-refractivity contribution in [1.29, 1.82) is 0 Å². The van der Waals surface area contributed by atoms with Crippen molar-refractivity contribution in [2.24, 2.45) is 0 Å². The highest BCUT2D eigenvalue weighted by Crippen LogP contribution is 2.17. The molecule has 0 aromatic heterocycles. The second-order valence-corrected chi connectivity index (χ2v) is 4.12. The minimum atomic E-state index is -0.476. The molecule has 0 spiro atoms. The van der Waals surface area contributed by atoms with Crippen LogP contribution in [0.1, 0.15) is 17.2 Å². The van der Waals surface area contributed by atoms with Gasteiger partial charge < -0.3 is 10.4 Å². The van der Waals surface area contributed by atoms with E-state index >= 15 is 0 Å². The predicted molar refractivity (Wildman–Crippen MR) is 71.1 cm³/mol. The molecule has 0 aliphatic rings. The van der Waals surface area contributed by atoms with Crippen molar-refractivity contribution in [1.82, 2.24) is 0 Å². The maximum absolute atomic E-state index is 10.1. The van der Waals surface area contributed by atoms with E-state index < -0.39 is 6.10 Å². The molecular weight excluding hydrogens is 210 g/mol. The number of aliphatic hydroxyl groups is 1. The fraction of sp³-hybridized carbons (Fsp3) is 0.200. The van der Waals surface area contributed by atoms with Crippen LogP contribution in [0.3, 0.4) is 0 Å². The second kappa shape index (κ2) is 5.51. The molecule has 0 aliphatic heterocycles. The summed E-state index contributed by atoms with van der Waals surface area (Å²) < 4.78 is 0. The van der Waals surface area contributed by atoms with E-state index in [1.807, 2.05) is 61.5 Å². The molecule has 2 aromatic rings. The summed E-state index contributed by atoms with van der Waals surface area (Å²) in [5, 5.41) is 13.3. The number of benzene rings is 2. The van der Waals surface area contributed by atoms with Crippen LogP contribution in [0.25, 0.3) is 0 Å². The minimum absolute atomic E-state index is 0.476. The number of anilines is 1. The number of hydrogen-bond acceptors (Lipinski definition) is 2. The van der Waals surface area contributed by atoms with Crippen LogP contribution >= 0.6 is 0 Å². The molecule has 0 bridgehead atoms. The summed E-state index contributed by atoms with van der Waals surface area (Å²) >= 11 is 0. The number of hydrogen-bond donors (Lipinski definition) is 2. The van der Waals surface area contributed by atoms with Crippen molar-refractivity contribution in [3.05, 3.63) is 65.7 Å². The fourth-order valence-electron chi connectivity index (χ4n) is 1.84. The monoisotopic (exact) mass is 227 g/mol. The average molecular weight is 227 g/mol. The molecule has 0 fully saturated rings. The molecule has 0 saturated heterocycles. The van der Waals surface area contributed by atoms with Crippen molar-refractivity contribution in [2.45, 2.75) is 13.0 Å². The molecule has 0 saturated carbocycles. The highest BCUT2D eigenvalue weighted by atomic mass is 16.3. The summed E-state index contributed by atoms with van der Waals surface area (Å²) in [5.74, 6) is 0. The fourth-order valence-corrected chi connectivity index (χ4v) is 1.84. The van der Waals surface area contributed by atoms with Crippen LogP contribution in [0, 0.1) is 6.92 Å². The zero-order valence-electron chi connectivity index (χ0n) is 9.93. The van der Waals surface area contributed by atoms with Crippen molar-refractivity contribution in [3.8, 4) is 0 Å². The van der Waals surface area contributed by atoms with Gasteiger partial charge in [-0.05, 0) is 30.2 Å². The quantitative estimate of drug-likeness (QED) is 0.841. The molecule has 88 valence electrons. The van der Waals surface area contributed by atoms with Gasteiger partial charge in [-0.2, -0.15) is 0 Å². The number of para-hydroxylation sites is 1. The van der Waals surface area contributed by atoms with Gasteiger partial charge in [-0.3, -0.25) is 0 Å². The molecular formula is C15H17NO. The van der Waals surface area contributed by atoms with Gasteiger partial charge in [0.2, 0.25) is 0 Å². The standard InChI is InChI=1S/C15H17NO/c1-12-7-5-6-10-14(12)15(17)11-16-13-8-3-2-4-9-13/h2-10,15-17H,11H2,1H3. The summed E-state index contributed by atoms with van der Waals surface area (Å²) in [4.78, 5) is 0. The van der Waals surface area contributed by atoms with Crippen molar-refractivity contribution in [2.75, 3.05) is 11.9 Å². The average Bonchev–Trinajstić information content (AvgIpc) is 2.38. The Bertz CT molecular complexity index is 467. The molecule has 0 aliphatic carbocycles. The Morgan fingerprint density at radius 2 is 1.65 bits per heavy atom. The molecule has 1 atom stereocenters. The van der Waals surface area contributed by atoms with E-state index in [1.54, 1.807) is 0 Å². The lowest BCUT2D eigenvalue weighted by atomic mass is 10.0. The van der Waals surface area contributed by atoms with E-state index in [0.29, 0.717) is 6.54 Å². The van der Waals surface area contributed by atoms with Gasteiger partial charge >= 0.3 is 0 Å². The van der Waals surface area contributed by atoms with Crippen LogP contribution in [0.15, 0.2) is 54.6 Å². The molecule has 2 rings (SSSR count). The van der Waals surface area contributed by atoms with Gasteiger partial charge in [-0.15, -0.1) is 0 Å². The SMILES string of the molecule is Cc1ccccc1C(O)CNc1ccccc1. The van der Waals surface area contributed by atoms with Crippen LogP contribution in [0.4, 0.5) is 5.69 Å². The Kier molecular flexibility index (Phi) is 3.78. The molecule has 2 N–H and O–H groups in total. The second-order valence-electron chi connectivity index (χ2n) is 4.12. The number of aliphatic hydroxyl groups excluding tert-OH is 1. The Hall–Kier alpha value is -1.80. The summed E-state index contributed by atoms with van der Waals surface area (Å²) in [6.07, 6.45) is -0.476. The van der Waals surface area contributed by atoms with Gasteiger partial charge in [0.25, 0.3) is 0 Å². The predicted octanol–water partition coefficient (Wildman–Crippen LogP) is 3.14. The third kappa shape index (κ3) is 3.08. The van der Waals surface area contributed by atoms with E-state index in [-0.39, 0.29) is 0 Å². The van der Waals surface area contributed by atoms with Crippen molar-refractivity contribution >= 4 is 5.69 Å². The first kappa shape index (κ1) is 11.7.